The molecule has 4 rings (SSSR count). The molecule has 0 saturated heterocycles. The second-order valence-electron chi connectivity index (χ2n) is 10.0. The van der Waals surface area contributed by atoms with Gasteiger partial charge in [0, 0.05) is 10.8 Å². The number of rotatable bonds is 2. The van der Waals surface area contributed by atoms with Gasteiger partial charge in [0.1, 0.15) is 0 Å². The van der Waals surface area contributed by atoms with Gasteiger partial charge < -0.3 is 0 Å². The predicted molar refractivity (Wildman–Crippen MR) is 141 cm³/mol. The topological polar surface area (TPSA) is 0 Å². The highest BCUT2D eigenvalue weighted by Gasteiger charge is 2.30. The van der Waals surface area contributed by atoms with E-state index in [-0.39, 0.29) is 0 Å². The highest BCUT2D eigenvalue weighted by molar-refractivity contribution is 7.84. The van der Waals surface area contributed by atoms with Gasteiger partial charge in [-0.15, -0.1) is 12.6 Å². The van der Waals surface area contributed by atoms with E-state index in [1.807, 2.05) is 0 Å². The standard InChI is InChI=1S/C30H36S/c1-17-8-11-24(23(7)31)20(4)15-21(5)27-16-29(25-12-9-18(2)22(25)6)30-19(3)10-13-26(30)28(27)14-17/h10-13,15-19,22,31H,4,7-9,14H2,1-3,5-6H3/b21-15+,24-11+. The SMILES string of the molecule is C=C(S)/C1=C/CC(C)Cc2c(cc(C3=CCC(C)C3C)c3c2C=CC3C)/C(C)=C/C1=C. The molecule has 4 atom stereocenters. The largest absolute Gasteiger partial charge is 0.143 e. The average Bonchev–Trinajstić information content (AvgIpc) is 3.25. The summed E-state index contributed by atoms with van der Waals surface area (Å²) in [4.78, 5) is 0.798. The Hall–Kier alpha value is -1.99. The molecule has 1 heteroatoms. The maximum Gasteiger partial charge on any atom is 0.00431 e. The second-order valence-corrected chi connectivity index (χ2v) is 10.6. The zero-order valence-electron chi connectivity index (χ0n) is 19.8. The van der Waals surface area contributed by atoms with Gasteiger partial charge >= 0.3 is 0 Å². The molecule has 0 nitrogen and oxygen atoms in total. The lowest BCUT2D eigenvalue weighted by Gasteiger charge is -2.26. The van der Waals surface area contributed by atoms with Crippen LogP contribution in [0, 0.1) is 17.8 Å². The fraction of sp³-hybridized carbons (Fsp3) is 0.400. The van der Waals surface area contributed by atoms with Crippen LogP contribution in [0.25, 0.3) is 17.2 Å². The molecular formula is C30H36S. The average molecular weight is 429 g/mol. The molecule has 0 heterocycles. The van der Waals surface area contributed by atoms with Crippen molar-refractivity contribution in [2.75, 3.05) is 0 Å². The zero-order chi connectivity index (χ0) is 22.4. The fourth-order valence-electron chi connectivity index (χ4n) is 5.56. The highest BCUT2D eigenvalue weighted by atomic mass is 32.1. The Morgan fingerprint density at radius 3 is 2.45 bits per heavy atom. The van der Waals surface area contributed by atoms with Gasteiger partial charge in [-0.25, -0.2) is 0 Å². The lowest BCUT2D eigenvalue weighted by atomic mass is 9.78. The van der Waals surface area contributed by atoms with Gasteiger partial charge in [0.05, 0.1) is 0 Å². The van der Waals surface area contributed by atoms with Crippen molar-refractivity contribution in [1.82, 2.24) is 0 Å². The van der Waals surface area contributed by atoms with Gasteiger partial charge in [0.2, 0.25) is 0 Å². The van der Waals surface area contributed by atoms with Crippen molar-refractivity contribution in [3.8, 4) is 0 Å². The van der Waals surface area contributed by atoms with Crippen LogP contribution in [0.15, 0.2) is 59.6 Å². The molecule has 0 aromatic heterocycles. The minimum absolute atomic E-state index is 0.475. The van der Waals surface area contributed by atoms with Crippen LogP contribution < -0.4 is 0 Å². The molecular weight excluding hydrogens is 392 g/mol. The molecule has 0 bridgehead atoms. The van der Waals surface area contributed by atoms with Crippen molar-refractivity contribution in [2.24, 2.45) is 17.8 Å². The van der Waals surface area contributed by atoms with E-state index in [0.29, 0.717) is 17.8 Å². The predicted octanol–water partition coefficient (Wildman–Crippen LogP) is 8.79. The number of hydrogen-bond acceptors (Lipinski definition) is 1. The molecule has 31 heavy (non-hydrogen) atoms. The molecule has 1 aromatic rings. The van der Waals surface area contributed by atoms with Crippen LogP contribution in [0.4, 0.5) is 0 Å². The first kappa shape index (κ1) is 22.2. The molecule has 1 aromatic carbocycles. The Labute approximate surface area is 194 Å². The maximum atomic E-state index is 4.55. The number of hydrogen-bond donors (Lipinski definition) is 1. The third-order valence-electron chi connectivity index (χ3n) is 7.64. The monoisotopic (exact) mass is 428 g/mol. The third kappa shape index (κ3) is 3.98. The van der Waals surface area contributed by atoms with Crippen molar-refractivity contribution >= 4 is 29.9 Å². The molecule has 4 unspecified atom stereocenters. The summed E-state index contributed by atoms with van der Waals surface area (Å²) in [5.74, 6) is 2.34. The molecule has 0 fully saturated rings. The molecule has 162 valence electrons. The summed E-state index contributed by atoms with van der Waals surface area (Å²) in [6.07, 6.45) is 15.1. The summed E-state index contributed by atoms with van der Waals surface area (Å²) in [5, 5.41) is 0. The number of thiol groups is 1. The third-order valence-corrected chi connectivity index (χ3v) is 7.88. The Morgan fingerprint density at radius 2 is 1.81 bits per heavy atom. The summed E-state index contributed by atoms with van der Waals surface area (Å²) in [6, 6.07) is 2.50. The molecule has 0 spiro atoms. The fourth-order valence-corrected chi connectivity index (χ4v) is 5.79. The van der Waals surface area contributed by atoms with E-state index < -0.39 is 0 Å². The van der Waals surface area contributed by atoms with E-state index in [2.05, 4.69) is 96.9 Å². The summed E-state index contributed by atoms with van der Waals surface area (Å²) in [5.41, 5.74) is 12.3. The Balaban J connectivity index is 1.95. The molecule has 0 radical (unpaired) electrons. The minimum atomic E-state index is 0.475. The molecule has 0 aliphatic heterocycles. The van der Waals surface area contributed by atoms with E-state index >= 15 is 0 Å². The van der Waals surface area contributed by atoms with Crippen LogP contribution in [0.1, 0.15) is 81.2 Å². The van der Waals surface area contributed by atoms with Crippen molar-refractivity contribution < 1.29 is 0 Å². The van der Waals surface area contributed by atoms with Crippen molar-refractivity contribution in [3.63, 3.8) is 0 Å². The number of fused-ring (bicyclic) bond motifs is 3. The van der Waals surface area contributed by atoms with E-state index in [4.69, 9.17) is 0 Å². The lowest BCUT2D eigenvalue weighted by Crippen LogP contribution is -2.11. The van der Waals surface area contributed by atoms with Crippen LogP contribution >= 0.6 is 12.6 Å². The van der Waals surface area contributed by atoms with Gasteiger partial charge in [-0.1, -0.05) is 71.2 Å². The summed E-state index contributed by atoms with van der Waals surface area (Å²) < 4.78 is 0. The number of benzene rings is 1. The van der Waals surface area contributed by atoms with Crippen LogP contribution in [-0.2, 0) is 6.42 Å². The second kappa shape index (κ2) is 8.51. The van der Waals surface area contributed by atoms with Gasteiger partial charge in [-0.05, 0) is 100 Å². The van der Waals surface area contributed by atoms with Gasteiger partial charge in [0.25, 0.3) is 0 Å². The maximum absolute atomic E-state index is 4.55. The Kier molecular flexibility index (Phi) is 6.10. The van der Waals surface area contributed by atoms with Crippen molar-refractivity contribution in [1.29, 1.82) is 0 Å². The van der Waals surface area contributed by atoms with Crippen molar-refractivity contribution in [3.05, 3.63) is 87.4 Å². The van der Waals surface area contributed by atoms with Gasteiger partial charge in [0.15, 0.2) is 0 Å². The Morgan fingerprint density at radius 1 is 1.06 bits per heavy atom. The first-order valence-corrected chi connectivity index (χ1v) is 12.2. The highest BCUT2D eigenvalue weighted by Crippen LogP contribution is 2.47. The van der Waals surface area contributed by atoms with Crippen molar-refractivity contribution in [2.45, 2.75) is 59.8 Å². The summed E-state index contributed by atoms with van der Waals surface area (Å²) in [7, 11) is 0. The van der Waals surface area contributed by atoms with Gasteiger partial charge in [-0.2, -0.15) is 0 Å². The Bertz CT molecular complexity index is 1070. The molecule has 0 amide bonds. The normalized spacial score (nSPS) is 31.3. The van der Waals surface area contributed by atoms with Crippen LogP contribution in [0.2, 0.25) is 0 Å². The van der Waals surface area contributed by atoms with E-state index in [1.54, 1.807) is 11.1 Å². The van der Waals surface area contributed by atoms with E-state index in [9.17, 15) is 0 Å². The summed E-state index contributed by atoms with van der Waals surface area (Å²) in [6.45, 7) is 20.2. The first-order valence-electron chi connectivity index (χ1n) is 11.7. The molecule has 3 aliphatic carbocycles. The molecule has 0 saturated carbocycles. The molecule has 0 N–H and O–H groups in total. The van der Waals surface area contributed by atoms with Gasteiger partial charge in [-0.3, -0.25) is 0 Å². The van der Waals surface area contributed by atoms with Crippen LogP contribution in [0.5, 0.6) is 0 Å². The van der Waals surface area contributed by atoms with Crippen LogP contribution in [0.3, 0.4) is 0 Å². The first-order chi connectivity index (χ1) is 14.7. The van der Waals surface area contributed by atoms with E-state index in [1.165, 1.54) is 34.2 Å². The minimum Gasteiger partial charge on any atom is -0.143 e. The smallest absolute Gasteiger partial charge is 0.00431 e. The summed E-state index contributed by atoms with van der Waals surface area (Å²) >= 11 is 4.55. The van der Waals surface area contributed by atoms with Crippen LogP contribution in [-0.4, -0.2) is 0 Å². The lowest BCUT2D eigenvalue weighted by molar-refractivity contribution is 0.506. The zero-order valence-corrected chi connectivity index (χ0v) is 20.7. The quantitative estimate of drug-likeness (QED) is 0.447. The number of allylic oxidation sites excluding steroid dienone is 8. The van der Waals surface area contributed by atoms with E-state index in [0.717, 1.165) is 34.8 Å². The molecule has 3 aliphatic rings.